The highest BCUT2D eigenvalue weighted by atomic mass is 35.5. The van der Waals surface area contributed by atoms with E-state index in [0.717, 1.165) is 11.6 Å². The Morgan fingerprint density at radius 2 is 1.53 bits per heavy atom. The molecule has 0 aliphatic carbocycles. The van der Waals surface area contributed by atoms with E-state index in [1.165, 1.54) is 0 Å². The van der Waals surface area contributed by atoms with E-state index >= 15 is 0 Å². The Labute approximate surface area is 118 Å². The zero-order valence-corrected chi connectivity index (χ0v) is 11.0. The van der Waals surface area contributed by atoms with Crippen LogP contribution < -0.4 is 5.32 Å². The Balaban J connectivity index is 2.14. The van der Waals surface area contributed by atoms with E-state index < -0.39 is 17.5 Å². The topological polar surface area (TPSA) is 12.0 Å². The third-order valence-electron chi connectivity index (χ3n) is 2.48. The monoisotopic (exact) mass is 305 g/mol. The summed E-state index contributed by atoms with van der Waals surface area (Å²) in [6.07, 6.45) is 0. The van der Waals surface area contributed by atoms with Crippen molar-refractivity contribution in [3.63, 3.8) is 0 Å². The lowest BCUT2D eigenvalue weighted by Crippen LogP contribution is -2.03. The molecule has 0 aromatic heterocycles. The van der Waals surface area contributed by atoms with E-state index in [1.54, 1.807) is 18.2 Å². The zero-order chi connectivity index (χ0) is 14.0. The molecule has 0 unspecified atom stereocenters. The molecule has 0 atom stereocenters. The summed E-state index contributed by atoms with van der Waals surface area (Å²) in [4.78, 5) is 0. The number of nitrogens with one attached hydrogen (secondary N) is 1. The molecule has 0 saturated carbocycles. The number of halogens is 5. The zero-order valence-electron chi connectivity index (χ0n) is 9.48. The lowest BCUT2D eigenvalue weighted by atomic mass is 10.2. The van der Waals surface area contributed by atoms with Gasteiger partial charge in [-0.1, -0.05) is 29.3 Å². The summed E-state index contributed by atoms with van der Waals surface area (Å²) in [5.41, 5.74) is 0.614. The Morgan fingerprint density at radius 3 is 2.21 bits per heavy atom. The molecular weight excluding hydrogens is 298 g/mol. The predicted octanol–water partition coefficient (Wildman–Crippen LogP) is 5.02. The first-order chi connectivity index (χ1) is 8.97. The molecule has 0 fully saturated rings. The van der Waals surface area contributed by atoms with Gasteiger partial charge in [0.05, 0.1) is 15.7 Å². The van der Waals surface area contributed by atoms with Gasteiger partial charge in [0, 0.05) is 18.7 Å². The van der Waals surface area contributed by atoms with Crippen molar-refractivity contribution in [1.29, 1.82) is 0 Å². The van der Waals surface area contributed by atoms with Crippen molar-refractivity contribution in [2.24, 2.45) is 0 Å². The van der Waals surface area contributed by atoms with Gasteiger partial charge in [0.25, 0.3) is 0 Å². The molecule has 2 aromatic rings. The summed E-state index contributed by atoms with van der Waals surface area (Å²) in [5, 5.41) is 3.43. The fourth-order valence-corrected chi connectivity index (χ4v) is 1.83. The normalized spacial score (nSPS) is 10.6. The first kappa shape index (κ1) is 14.0. The summed E-state index contributed by atoms with van der Waals surface area (Å²) in [5.74, 6) is -3.20. The van der Waals surface area contributed by atoms with E-state index in [0.29, 0.717) is 16.1 Å². The SMILES string of the molecule is Fc1cc(F)c(NCc2ccc(Cl)c(Cl)c2)cc1F. The second-order valence-corrected chi connectivity index (χ2v) is 4.66. The molecule has 0 spiro atoms. The van der Waals surface area contributed by atoms with Crippen LogP contribution in [0.1, 0.15) is 5.56 Å². The number of anilines is 1. The van der Waals surface area contributed by atoms with Crippen LogP contribution in [-0.2, 0) is 6.54 Å². The van der Waals surface area contributed by atoms with Crippen molar-refractivity contribution < 1.29 is 13.2 Å². The lowest BCUT2D eigenvalue weighted by Gasteiger charge is -2.09. The van der Waals surface area contributed by atoms with Gasteiger partial charge >= 0.3 is 0 Å². The molecular formula is C13H8Cl2F3N. The van der Waals surface area contributed by atoms with Crippen LogP contribution in [0.5, 0.6) is 0 Å². The molecule has 6 heteroatoms. The van der Waals surface area contributed by atoms with Crippen LogP contribution in [0.4, 0.5) is 18.9 Å². The van der Waals surface area contributed by atoms with E-state index in [1.807, 2.05) is 0 Å². The highest BCUT2D eigenvalue weighted by molar-refractivity contribution is 6.42. The first-order valence-electron chi connectivity index (χ1n) is 5.29. The van der Waals surface area contributed by atoms with Crippen molar-refractivity contribution in [3.05, 3.63) is 63.4 Å². The van der Waals surface area contributed by atoms with Gasteiger partial charge in [0.1, 0.15) is 5.82 Å². The van der Waals surface area contributed by atoms with Gasteiger partial charge in [-0.3, -0.25) is 0 Å². The fraction of sp³-hybridized carbons (Fsp3) is 0.0769. The second-order valence-electron chi connectivity index (χ2n) is 3.85. The third-order valence-corrected chi connectivity index (χ3v) is 3.22. The average Bonchev–Trinajstić information content (AvgIpc) is 2.36. The summed E-state index contributed by atoms with van der Waals surface area (Å²) in [6.45, 7) is 0.207. The largest absolute Gasteiger partial charge is 0.379 e. The molecule has 100 valence electrons. The van der Waals surface area contributed by atoms with Gasteiger partial charge < -0.3 is 5.32 Å². The number of hydrogen-bond acceptors (Lipinski definition) is 1. The molecule has 0 heterocycles. The van der Waals surface area contributed by atoms with Crippen LogP contribution in [0.25, 0.3) is 0 Å². The molecule has 0 saturated heterocycles. The quantitative estimate of drug-likeness (QED) is 0.785. The van der Waals surface area contributed by atoms with Gasteiger partial charge in [-0.05, 0) is 17.7 Å². The minimum atomic E-state index is -1.22. The lowest BCUT2D eigenvalue weighted by molar-refractivity contribution is 0.496. The molecule has 0 bridgehead atoms. The Morgan fingerprint density at radius 1 is 0.842 bits per heavy atom. The third kappa shape index (κ3) is 3.33. The smallest absolute Gasteiger partial charge is 0.161 e. The minimum absolute atomic E-state index is 0.120. The van der Waals surface area contributed by atoms with Crippen LogP contribution >= 0.6 is 23.2 Å². The van der Waals surface area contributed by atoms with E-state index in [4.69, 9.17) is 23.2 Å². The van der Waals surface area contributed by atoms with Gasteiger partial charge in [-0.25, -0.2) is 13.2 Å². The first-order valence-corrected chi connectivity index (χ1v) is 6.05. The highest BCUT2D eigenvalue weighted by Crippen LogP contribution is 2.24. The summed E-state index contributed by atoms with van der Waals surface area (Å²) >= 11 is 11.6. The molecule has 0 aliphatic rings. The van der Waals surface area contributed by atoms with Crippen molar-refractivity contribution >= 4 is 28.9 Å². The number of rotatable bonds is 3. The second kappa shape index (κ2) is 5.72. The van der Waals surface area contributed by atoms with E-state index in [9.17, 15) is 13.2 Å². The van der Waals surface area contributed by atoms with Crippen molar-refractivity contribution in [1.82, 2.24) is 0 Å². The van der Waals surface area contributed by atoms with Crippen LogP contribution in [0, 0.1) is 17.5 Å². The Hall–Kier alpha value is -1.39. The number of hydrogen-bond donors (Lipinski definition) is 1. The predicted molar refractivity (Wildman–Crippen MR) is 70.1 cm³/mol. The molecule has 1 N–H and O–H groups in total. The van der Waals surface area contributed by atoms with Gasteiger partial charge in [-0.15, -0.1) is 0 Å². The van der Waals surface area contributed by atoms with E-state index in [2.05, 4.69) is 5.32 Å². The standard InChI is InChI=1S/C13H8Cl2F3N/c14-8-2-1-7(3-9(8)15)6-19-13-5-11(17)10(16)4-12(13)18/h1-5,19H,6H2. The maximum atomic E-state index is 13.4. The summed E-state index contributed by atoms with van der Waals surface area (Å²) in [7, 11) is 0. The molecule has 0 amide bonds. The Bertz CT molecular complexity index is 617. The molecule has 2 aromatic carbocycles. The summed E-state index contributed by atoms with van der Waals surface area (Å²) < 4.78 is 39.1. The molecule has 1 nitrogen and oxygen atoms in total. The molecule has 19 heavy (non-hydrogen) atoms. The molecule has 0 aliphatic heterocycles. The van der Waals surface area contributed by atoms with Gasteiger partial charge in [0.2, 0.25) is 0 Å². The molecule has 2 rings (SSSR count). The van der Waals surface area contributed by atoms with Crippen LogP contribution in [0.2, 0.25) is 10.0 Å². The highest BCUT2D eigenvalue weighted by Gasteiger charge is 2.09. The fourth-order valence-electron chi connectivity index (χ4n) is 1.50. The maximum absolute atomic E-state index is 13.4. The van der Waals surface area contributed by atoms with Crippen LogP contribution in [0.15, 0.2) is 30.3 Å². The van der Waals surface area contributed by atoms with Crippen molar-refractivity contribution in [3.8, 4) is 0 Å². The maximum Gasteiger partial charge on any atom is 0.161 e. The minimum Gasteiger partial charge on any atom is -0.379 e. The van der Waals surface area contributed by atoms with Crippen LogP contribution in [0.3, 0.4) is 0 Å². The van der Waals surface area contributed by atoms with Crippen LogP contribution in [-0.4, -0.2) is 0 Å². The average molecular weight is 306 g/mol. The van der Waals surface area contributed by atoms with E-state index in [-0.39, 0.29) is 12.2 Å². The Kier molecular flexibility index (Phi) is 4.22. The number of benzene rings is 2. The summed E-state index contributed by atoms with van der Waals surface area (Å²) in [6, 6.07) is 6.16. The van der Waals surface area contributed by atoms with Crippen molar-refractivity contribution in [2.75, 3.05) is 5.32 Å². The molecule has 0 radical (unpaired) electrons. The van der Waals surface area contributed by atoms with Gasteiger partial charge in [-0.2, -0.15) is 0 Å². The van der Waals surface area contributed by atoms with Gasteiger partial charge in [0.15, 0.2) is 11.6 Å². The van der Waals surface area contributed by atoms with Crippen molar-refractivity contribution in [2.45, 2.75) is 6.54 Å².